The molecule has 118 valence electrons. The number of non-ortho nitro benzene ring substituents is 1. The lowest BCUT2D eigenvalue weighted by molar-refractivity contribution is -0.384. The molecule has 0 bridgehead atoms. The molecule has 1 heterocycles. The predicted octanol–water partition coefficient (Wildman–Crippen LogP) is 0.938. The van der Waals surface area contributed by atoms with E-state index in [1.165, 1.54) is 24.3 Å². The number of nitro groups is 1. The third-order valence-corrected chi connectivity index (χ3v) is 3.41. The minimum atomic E-state index is -0.575. The fraction of sp³-hybridized carbons (Fsp3) is 0.0769. The second kappa shape index (κ2) is 7.84. The molecule has 10 heteroatoms. The van der Waals surface area contributed by atoms with Crippen LogP contribution < -0.4 is 10.9 Å². The number of aromatic nitrogens is 2. The molecule has 0 spiro atoms. The zero-order chi connectivity index (χ0) is 16.7. The Hall–Kier alpha value is -3.01. The number of hydrogen-bond donors (Lipinski definition) is 2. The van der Waals surface area contributed by atoms with Gasteiger partial charge in [0.05, 0.1) is 10.7 Å². The molecule has 0 aliphatic rings. The van der Waals surface area contributed by atoms with Gasteiger partial charge in [0.25, 0.3) is 11.6 Å². The van der Waals surface area contributed by atoms with E-state index in [0.717, 1.165) is 11.8 Å². The van der Waals surface area contributed by atoms with E-state index < -0.39 is 16.7 Å². The number of thioether (sulfide) groups is 1. The summed E-state index contributed by atoms with van der Waals surface area (Å²) in [4.78, 5) is 41.2. The minimum Gasteiger partial charge on any atom is -0.272 e. The highest BCUT2D eigenvalue weighted by Crippen LogP contribution is 2.12. The van der Waals surface area contributed by atoms with Gasteiger partial charge in [-0.2, -0.15) is 0 Å². The Bertz CT molecular complexity index is 708. The number of hydrazine groups is 1. The van der Waals surface area contributed by atoms with Crippen LogP contribution in [0.1, 0.15) is 10.4 Å². The lowest BCUT2D eigenvalue weighted by Gasteiger charge is -2.06. The van der Waals surface area contributed by atoms with Gasteiger partial charge >= 0.3 is 0 Å². The number of benzene rings is 1. The van der Waals surface area contributed by atoms with Gasteiger partial charge < -0.3 is 0 Å². The zero-order valence-corrected chi connectivity index (χ0v) is 12.4. The first-order valence-corrected chi connectivity index (χ1v) is 7.28. The lowest BCUT2D eigenvalue weighted by atomic mass is 10.2. The van der Waals surface area contributed by atoms with Crippen LogP contribution in [0, 0.1) is 10.1 Å². The van der Waals surface area contributed by atoms with Crippen molar-refractivity contribution in [1.82, 2.24) is 20.8 Å². The molecular formula is C13H11N5O4S. The van der Waals surface area contributed by atoms with Gasteiger partial charge in [0.2, 0.25) is 5.91 Å². The number of carbonyl (C=O) groups is 2. The van der Waals surface area contributed by atoms with Crippen molar-refractivity contribution in [2.45, 2.75) is 5.16 Å². The van der Waals surface area contributed by atoms with Crippen LogP contribution in [0.3, 0.4) is 0 Å². The highest BCUT2D eigenvalue weighted by Gasteiger charge is 2.10. The standard InChI is InChI=1S/C13H11N5O4S/c19-11(8-23-13-14-6-1-7-15-13)16-17-12(20)9-2-4-10(5-3-9)18(21)22/h1-7H,8H2,(H,16,19)(H,17,20). The van der Waals surface area contributed by atoms with Crippen molar-refractivity contribution in [1.29, 1.82) is 0 Å². The van der Waals surface area contributed by atoms with Crippen LogP contribution in [-0.4, -0.2) is 32.5 Å². The number of nitrogens with one attached hydrogen (secondary N) is 2. The molecular weight excluding hydrogens is 322 g/mol. The summed E-state index contributed by atoms with van der Waals surface area (Å²) >= 11 is 1.12. The number of nitro benzene ring substituents is 1. The van der Waals surface area contributed by atoms with Crippen molar-refractivity contribution in [3.63, 3.8) is 0 Å². The van der Waals surface area contributed by atoms with Gasteiger partial charge in [-0.15, -0.1) is 0 Å². The van der Waals surface area contributed by atoms with Crippen molar-refractivity contribution in [2.75, 3.05) is 5.75 Å². The van der Waals surface area contributed by atoms with E-state index in [0.29, 0.717) is 5.16 Å². The van der Waals surface area contributed by atoms with Crippen LogP contribution in [0.5, 0.6) is 0 Å². The molecule has 2 amide bonds. The molecule has 0 unspecified atom stereocenters. The zero-order valence-electron chi connectivity index (χ0n) is 11.6. The summed E-state index contributed by atoms with van der Waals surface area (Å²) in [6.45, 7) is 0. The van der Waals surface area contributed by atoms with Crippen LogP contribution in [0.15, 0.2) is 47.9 Å². The van der Waals surface area contributed by atoms with Gasteiger partial charge in [-0.1, -0.05) is 11.8 Å². The molecule has 0 saturated carbocycles. The van der Waals surface area contributed by atoms with Gasteiger partial charge in [0.15, 0.2) is 5.16 Å². The topological polar surface area (TPSA) is 127 Å². The van der Waals surface area contributed by atoms with E-state index in [1.54, 1.807) is 18.5 Å². The average molecular weight is 333 g/mol. The summed E-state index contributed by atoms with van der Waals surface area (Å²) < 4.78 is 0. The van der Waals surface area contributed by atoms with Gasteiger partial charge in [-0.25, -0.2) is 9.97 Å². The fourth-order valence-electron chi connectivity index (χ4n) is 1.46. The monoisotopic (exact) mass is 333 g/mol. The van der Waals surface area contributed by atoms with Crippen LogP contribution in [0.25, 0.3) is 0 Å². The van der Waals surface area contributed by atoms with Crippen molar-refractivity contribution >= 4 is 29.3 Å². The highest BCUT2D eigenvalue weighted by molar-refractivity contribution is 7.99. The van der Waals surface area contributed by atoms with Gasteiger partial charge in [-0.05, 0) is 18.2 Å². The molecule has 9 nitrogen and oxygen atoms in total. The van der Waals surface area contributed by atoms with Crippen LogP contribution in [-0.2, 0) is 4.79 Å². The Morgan fingerprint density at radius 1 is 1.13 bits per heavy atom. The normalized spacial score (nSPS) is 9.91. The van der Waals surface area contributed by atoms with Gasteiger partial charge in [-0.3, -0.25) is 30.6 Å². The predicted molar refractivity (Wildman–Crippen MR) is 81.5 cm³/mol. The highest BCUT2D eigenvalue weighted by atomic mass is 32.2. The van der Waals surface area contributed by atoms with Crippen molar-refractivity contribution in [2.24, 2.45) is 0 Å². The van der Waals surface area contributed by atoms with Crippen LogP contribution >= 0.6 is 11.8 Å². The first-order chi connectivity index (χ1) is 11.1. The summed E-state index contributed by atoms with van der Waals surface area (Å²) in [6, 6.07) is 6.67. The third-order valence-electron chi connectivity index (χ3n) is 2.53. The second-order valence-corrected chi connectivity index (χ2v) is 5.07. The van der Waals surface area contributed by atoms with Crippen molar-refractivity contribution in [3.05, 3.63) is 58.4 Å². The van der Waals surface area contributed by atoms with E-state index >= 15 is 0 Å². The largest absolute Gasteiger partial charge is 0.272 e. The lowest BCUT2D eigenvalue weighted by Crippen LogP contribution is -2.42. The molecule has 1 aromatic carbocycles. The number of carbonyl (C=O) groups excluding carboxylic acids is 2. The van der Waals surface area contributed by atoms with E-state index in [2.05, 4.69) is 20.8 Å². The third kappa shape index (κ3) is 5.04. The van der Waals surface area contributed by atoms with E-state index in [1.807, 2.05) is 0 Å². The maximum atomic E-state index is 11.8. The first kappa shape index (κ1) is 16.4. The molecule has 0 atom stereocenters. The number of amides is 2. The quantitative estimate of drug-likeness (QED) is 0.361. The summed E-state index contributed by atoms with van der Waals surface area (Å²) in [5.74, 6) is -0.975. The number of hydrogen-bond acceptors (Lipinski definition) is 7. The molecule has 0 saturated heterocycles. The van der Waals surface area contributed by atoms with Gasteiger partial charge in [0.1, 0.15) is 0 Å². The van der Waals surface area contributed by atoms with Crippen molar-refractivity contribution < 1.29 is 14.5 Å². The number of rotatable bonds is 5. The minimum absolute atomic E-state index is 0.0323. The Morgan fingerprint density at radius 2 is 1.78 bits per heavy atom. The summed E-state index contributed by atoms with van der Waals surface area (Å²) in [5.41, 5.74) is 4.53. The average Bonchev–Trinajstić information content (AvgIpc) is 2.58. The van der Waals surface area contributed by atoms with Crippen molar-refractivity contribution in [3.8, 4) is 0 Å². The smallest absolute Gasteiger partial charge is 0.269 e. The molecule has 0 fully saturated rings. The molecule has 0 aliphatic carbocycles. The molecule has 2 N–H and O–H groups in total. The number of nitrogens with zero attached hydrogens (tertiary/aromatic N) is 3. The first-order valence-electron chi connectivity index (χ1n) is 6.30. The Morgan fingerprint density at radius 3 is 2.39 bits per heavy atom. The summed E-state index contributed by atoms with van der Waals surface area (Å²) in [7, 11) is 0. The summed E-state index contributed by atoms with van der Waals surface area (Å²) in [6.07, 6.45) is 3.12. The molecule has 2 aromatic rings. The molecule has 23 heavy (non-hydrogen) atoms. The fourth-order valence-corrected chi connectivity index (χ4v) is 2.06. The molecule has 2 rings (SSSR count). The van der Waals surface area contributed by atoms with E-state index in [4.69, 9.17) is 0 Å². The Kier molecular flexibility index (Phi) is 5.58. The van der Waals surface area contributed by atoms with E-state index in [9.17, 15) is 19.7 Å². The Labute approximate surface area is 134 Å². The molecule has 0 radical (unpaired) electrons. The van der Waals surface area contributed by atoms with E-state index in [-0.39, 0.29) is 17.0 Å². The van der Waals surface area contributed by atoms with Crippen LogP contribution in [0.4, 0.5) is 5.69 Å². The Balaban J connectivity index is 1.79. The SMILES string of the molecule is O=C(CSc1ncccn1)NNC(=O)c1ccc([N+](=O)[O-])cc1. The molecule has 1 aromatic heterocycles. The summed E-state index contributed by atoms with van der Waals surface area (Å²) in [5, 5.41) is 11.0. The second-order valence-electron chi connectivity index (χ2n) is 4.13. The molecule has 0 aliphatic heterocycles. The maximum Gasteiger partial charge on any atom is 0.269 e. The van der Waals surface area contributed by atoms with Crippen LogP contribution in [0.2, 0.25) is 0 Å². The maximum absolute atomic E-state index is 11.8. The van der Waals surface area contributed by atoms with Gasteiger partial charge in [0, 0.05) is 30.1 Å².